The summed E-state index contributed by atoms with van der Waals surface area (Å²) in [6.45, 7) is 3.81. The van der Waals surface area contributed by atoms with Crippen LogP contribution < -0.4 is 0 Å². The van der Waals surface area contributed by atoms with E-state index in [1.807, 2.05) is 60.7 Å². The minimum atomic E-state index is -0.343. The first-order valence-electron chi connectivity index (χ1n) is 9.96. The molecule has 0 bridgehead atoms. The summed E-state index contributed by atoms with van der Waals surface area (Å²) in [5, 5.41) is 8.52. The lowest BCUT2D eigenvalue weighted by Gasteiger charge is -2.33. The average molecular weight is 405 g/mol. The summed E-state index contributed by atoms with van der Waals surface area (Å²) >= 11 is 0. The van der Waals surface area contributed by atoms with Crippen molar-refractivity contribution in [2.45, 2.75) is 6.92 Å². The van der Waals surface area contributed by atoms with Crippen molar-refractivity contribution in [2.75, 3.05) is 32.8 Å². The van der Waals surface area contributed by atoms with Crippen LogP contribution in [0.1, 0.15) is 17.4 Å². The van der Waals surface area contributed by atoms with Crippen LogP contribution in [0.4, 0.5) is 4.79 Å². The SMILES string of the molecule is CCOC(=O)N1CCN(C(=O)c2nnn(-c3ccccc3)c2-c2ccccc2)CC1. The van der Waals surface area contributed by atoms with Gasteiger partial charge in [0.15, 0.2) is 5.69 Å². The molecule has 0 aliphatic carbocycles. The second-order valence-corrected chi connectivity index (χ2v) is 6.88. The number of carbonyl (C=O) groups excluding carboxylic acids is 2. The lowest BCUT2D eigenvalue weighted by molar-refractivity contribution is 0.0566. The summed E-state index contributed by atoms with van der Waals surface area (Å²) in [4.78, 5) is 28.6. The van der Waals surface area contributed by atoms with Gasteiger partial charge in [-0.15, -0.1) is 5.10 Å². The molecule has 0 atom stereocenters. The first-order chi connectivity index (χ1) is 14.7. The molecule has 2 heterocycles. The predicted molar refractivity (Wildman–Crippen MR) is 111 cm³/mol. The Morgan fingerprint density at radius 2 is 1.50 bits per heavy atom. The number of nitrogens with zero attached hydrogens (tertiary/aromatic N) is 5. The molecule has 1 fully saturated rings. The Morgan fingerprint density at radius 3 is 2.13 bits per heavy atom. The molecule has 0 spiro atoms. The van der Waals surface area contributed by atoms with E-state index in [4.69, 9.17) is 4.74 Å². The topological polar surface area (TPSA) is 80.6 Å². The zero-order valence-electron chi connectivity index (χ0n) is 16.8. The van der Waals surface area contributed by atoms with Crippen LogP contribution in [0.3, 0.4) is 0 Å². The zero-order valence-corrected chi connectivity index (χ0v) is 16.8. The second-order valence-electron chi connectivity index (χ2n) is 6.88. The maximum atomic E-state index is 13.3. The standard InChI is InChI=1S/C22H23N5O3/c1-2-30-22(29)26-15-13-25(14-16-26)21(28)19-20(17-9-5-3-6-10-17)27(24-23-19)18-11-7-4-8-12-18/h3-12H,2,13-16H2,1H3. The highest BCUT2D eigenvalue weighted by atomic mass is 16.6. The van der Waals surface area contributed by atoms with Crippen molar-refractivity contribution in [1.82, 2.24) is 24.8 Å². The smallest absolute Gasteiger partial charge is 0.409 e. The van der Waals surface area contributed by atoms with Gasteiger partial charge in [0, 0.05) is 31.7 Å². The van der Waals surface area contributed by atoms with E-state index in [0.29, 0.717) is 44.2 Å². The summed E-state index contributed by atoms with van der Waals surface area (Å²) < 4.78 is 6.74. The molecule has 1 aliphatic rings. The Balaban J connectivity index is 1.62. The monoisotopic (exact) mass is 405 g/mol. The predicted octanol–water partition coefficient (Wildman–Crippen LogP) is 2.85. The van der Waals surface area contributed by atoms with Crippen LogP contribution in [0.25, 0.3) is 16.9 Å². The molecule has 2 aromatic carbocycles. The van der Waals surface area contributed by atoms with Gasteiger partial charge in [0.1, 0.15) is 5.69 Å². The number of aromatic nitrogens is 3. The Hall–Kier alpha value is -3.68. The summed E-state index contributed by atoms with van der Waals surface area (Å²) in [5.41, 5.74) is 2.64. The number of ether oxygens (including phenoxy) is 1. The van der Waals surface area contributed by atoms with Gasteiger partial charge in [-0.1, -0.05) is 53.7 Å². The number of carbonyl (C=O) groups is 2. The van der Waals surface area contributed by atoms with Gasteiger partial charge in [-0.3, -0.25) is 4.79 Å². The molecular weight excluding hydrogens is 382 g/mol. The number of benzene rings is 2. The largest absolute Gasteiger partial charge is 0.450 e. The fourth-order valence-electron chi connectivity index (χ4n) is 3.49. The molecule has 3 aromatic rings. The fourth-order valence-corrected chi connectivity index (χ4v) is 3.49. The van der Waals surface area contributed by atoms with Gasteiger partial charge in [0.25, 0.3) is 5.91 Å². The van der Waals surface area contributed by atoms with E-state index < -0.39 is 0 Å². The average Bonchev–Trinajstić information content (AvgIpc) is 3.25. The van der Waals surface area contributed by atoms with Gasteiger partial charge in [-0.05, 0) is 19.1 Å². The maximum Gasteiger partial charge on any atom is 0.409 e. The van der Waals surface area contributed by atoms with Crippen molar-refractivity contribution >= 4 is 12.0 Å². The van der Waals surface area contributed by atoms with Gasteiger partial charge < -0.3 is 14.5 Å². The Labute approximate surface area is 174 Å². The molecule has 2 amide bonds. The molecule has 0 unspecified atom stereocenters. The Kier molecular flexibility index (Phi) is 5.74. The van der Waals surface area contributed by atoms with E-state index >= 15 is 0 Å². The first kappa shape index (κ1) is 19.6. The number of rotatable bonds is 4. The van der Waals surface area contributed by atoms with Crippen molar-refractivity contribution in [3.63, 3.8) is 0 Å². The molecule has 0 N–H and O–H groups in total. The number of hydrogen-bond acceptors (Lipinski definition) is 5. The van der Waals surface area contributed by atoms with Crippen molar-refractivity contribution in [2.24, 2.45) is 0 Å². The first-order valence-corrected chi connectivity index (χ1v) is 9.96. The molecule has 8 nitrogen and oxygen atoms in total. The van der Waals surface area contributed by atoms with E-state index in [9.17, 15) is 9.59 Å². The van der Waals surface area contributed by atoms with E-state index in [-0.39, 0.29) is 12.0 Å². The van der Waals surface area contributed by atoms with Gasteiger partial charge in [-0.2, -0.15) is 0 Å². The molecule has 1 aromatic heterocycles. The van der Waals surface area contributed by atoms with Crippen molar-refractivity contribution in [1.29, 1.82) is 0 Å². The summed E-state index contributed by atoms with van der Waals surface area (Å²) in [6, 6.07) is 19.3. The van der Waals surface area contributed by atoms with Crippen LogP contribution in [0.2, 0.25) is 0 Å². The van der Waals surface area contributed by atoms with Gasteiger partial charge in [0.05, 0.1) is 12.3 Å². The summed E-state index contributed by atoms with van der Waals surface area (Å²) in [6.07, 6.45) is -0.343. The van der Waals surface area contributed by atoms with E-state index in [0.717, 1.165) is 11.3 Å². The third kappa shape index (κ3) is 3.89. The third-order valence-electron chi connectivity index (χ3n) is 5.01. The van der Waals surface area contributed by atoms with Gasteiger partial charge in [0.2, 0.25) is 0 Å². The minimum absolute atomic E-state index is 0.195. The third-order valence-corrected chi connectivity index (χ3v) is 5.01. The highest BCUT2D eigenvalue weighted by Gasteiger charge is 2.30. The van der Waals surface area contributed by atoms with Crippen molar-refractivity contribution in [3.8, 4) is 16.9 Å². The highest BCUT2D eigenvalue weighted by molar-refractivity contribution is 5.98. The molecule has 0 radical (unpaired) electrons. The maximum absolute atomic E-state index is 13.3. The van der Waals surface area contributed by atoms with Crippen LogP contribution >= 0.6 is 0 Å². The van der Waals surface area contributed by atoms with E-state index in [1.165, 1.54) is 0 Å². The van der Waals surface area contributed by atoms with Crippen molar-refractivity contribution < 1.29 is 14.3 Å². The quantitative estimate of drug-likeness (QED) is 0.667. The van der Waals surface area contributed by atoms with Crippen LogP contribution in [0, 0.1) is 0 Å². The minimum Gasteiger partial charge on any atom is -0.450 e. The fraction of sp³-hybridized carbons (Fsp3) is 0.273. The van der Waals surface area contributed by atoms with Crippen LogP contribution in [0.15, 0.2) is 60.7 Å². The number of amides is 2. The van der Waals surface area contributed by atoms with Gasteiger partial charge >= 0.3 is 6.09 Å². The summed E-state index contributed by atoms with van der Waals surface area (Å²) in [5.74, 6) is -0.195. The zero-order chi connectivity index (χ0) is 20.9. The Bertz CT molecular complexity index is 1010. The van der Waals surface area contributed by atoms with Crippen LogP contribution in [-0.2, 0) is 4.74 Å². The molecule has 4 rings (SSSR count). The Morgan fingerprint density at radius 1 is 0.900 bits per heavy atom. The van der Waals surface area contributed by atoms with Crippen LogP contribution in [-0.4, -0.2) is 69.6 Å². The van der Waals surface area contributed by atoms with Crippen molar-refractivity contribution in [3.05, 3.63) is 66.4 Å². The van der Waals surface area contributed by atoms with E-state index in [2.05, 4.69) is 10.3 Å². The highest BCUT2D eigenvalue weighted by Crippen LogP contribution is 2.26. The molecular formula is C22H23N5O3. The van der Waals surface area contributed by atoms with Gasteiger partial charge in [-0.25, -0.2) is 9.48 Å². The normalized spacial score (nSPS) is 13.9. The lowest BCUT2D eigenvalue weighted by atomic mass is 10.1. The molecule has 1 saturated heterocycles. The number of piperazine rings is 1. The molecule has 154 valence electrons. The second kappa shape index (κ2) is 8.77. The molecule has 30 heavy (non-hydrogen) atoms. The number of para-hydroxylation sites is 1. The number of hydrogen-bond donors (Lipinski definition) is 0. The molecule has 1 aliphatic heterocycles. The van der Waals surface area contributed by atoms with Crippen LogP contribution in [0.5, 0.6) is 0 Å². The van der Waals surface area contributed by atoms with E-state index in [1.54, 1.807) is 21.4 Å². The lowest BCUT2D eigenvalue weighted by Crippen LogP contribution is -2.50. The molecule has 0 saturated carbocycles. The summed E-state index contributed by atoms with van der Waals surface area (Å²) in [7, 11) is 0. The molecule has 8 heteroatoms.